The molecular weight excluding hydrogens is 380 g/mol. The number of thioether (sulfide) groups is 1. The van der Waals surface area contributed by atoms with E-state index in [0.717, 1.165) is 34.8 Å². The molecule has 2 aromatic rings. The second kappa shape index (κ2) is 9.94. The van der Waals surface area contributed by atoms with Crippen molar-refractivity contribution in [2.75, 3.05) is 18.7 Å². The predicted molar refractivity (Wildman–Crippen MR) is 114 cm³/mol. The highest BCUT2D eigenvalue weighted by Crippen LogP contribution is 2.25. The Kier molecular flexibility index (Phi) is 7.63. The van der Waals surface area contributed by atoms with Crippen LogP contribution in [0.5, 0.6) is 5.75 Å². The number of methoxy groups -OCH3 is 1. The summed E-state index contributed by atoms with van der Waals surface area (Å²) in [6, 6.07) is 9.75. The van der Waals surface area contributed by atoms with E-state index in [0.29, 0.717) is 0 Å². The van der Waals surface area contributed by atoms with Crippen LogP contribution in [0.3, 0.4) is 0 Å². The first-order valence-electron chi connectivity index (χ1n) is 8.43. The van der Waals surface area contributed by atoms with Gasteiger partial charge in [-0.2, -0.15) is 11.8 Å². The number of hydrogen-bond acceptors (Lipinski definition) is 5. The molecule has 0 atom stereocenters. The van der Waals surface area contributed by atoms with Crippen LogP contribution < -0.4 is 15.8 Å². The lowest BCUT2D eigenvalue weighted by molar-refractivity contribution is 0.410. The molecule has 0 heterocycles. The molecule has 0 saturated carbocycles. The Morgan fingerprint density at radius 1 is 1.32 bits per heavy atom. The number of ether oxygens (including phenoxy) is 1. The van der Waals surface area contributed by atoms with Crippen molar-refractivity contribution in [2.24, 2.45) is 10.7 Å². The minimum Gasteiger partial charge on any atom is -0.496 e. The van der Waals surface area contributed by atoms with Crippen molar-refractivity contribution in [1.82, 2.24) is 0 Å². The third-order valence-electron chi connectivity index (χ3n) is 3.77. The van der Waals surface area contributed by atoms with E-state index in [9.17, 15) is 8.78 Å². The zero-order valence-electron chi connectivity index (χ0n) is 16.1. The topological polar surface area (TPSA) is 59.6 Å². The van der Waals surface area contributed by atoms with Gasteiger partial charge in [0.25, 0.3) is 0 Å². The van der Waals surface area contributed by atoms with Gasteiger partial charge in [-0.3, -0.25) is 0 Å². The Hall–Kier alpha value is -2.80. The number of nitrogens with zero attached hydrogens (tertiary/aromatic N) is 1. The quantitative estimate of drug-likeness (QED) is 0.599. The highest BCUT2D eigenvalue weighted by molar-refractivity contribution is 7.97. The molecule has 0 saturated heterocycles. The van der Waals surface area contributed by atoms with E-state index in [4.69, 9.17) is 10.5 Å². The molecule has 0 fully saturated rings. The van der Waals surface area contributed by atoms with Gasteiger partial charge in [-0.25, -0.2) is 13.8 Å². The number of nitrogens with one attached hydrogen (secondary N) is 1. The fourth-order valence-electron chi connectivity index (χ4n) is 2.70. The minimum absolute atomic E-state index is 0.103. The number of anilines is 1. The van der Waals surface area contributed by atoms with E-state index in [1.54, 1.807) is 11.8 Å². The standard InChI is InChI=1S/C21H23F2N3OS/c1-13-7-15(12-28-4)9-17(8-13)25-14(2)26-21(19(23)11-24)18-6-5-16(22)10-20(18)27-3/h5-11,25H,2,12,24H2,1,3-4H3/b19-11+,26-21?. The van der Waals surface area contributed by atoms with Gasteiger partial charge in [0.2, 0.25) is 0 Å². The van der Waals surface area contributed by atoms with Crippen LogP contribution in [-0.4, -0.2) is 19.1 Å². The van der Waals surface area contributed by atoms with Crippen molar-refractivity contribution < 1.29 is 13.5 Å². The molecule has 0 unspecified atom stereocenters. The SMILES string of the molecule is C=C(N=C(/C(F)=C\N)c1ccc(F)cc1OC)Nc1cc(C)cc(CSC)c1. The number of nitrogens with two attached hydrogens (primary N) is 1. The molecule has 2 aromatic carbocycles. The van der Waals surface area contributed by atoms with Crippen LogP contribution in [0.2, 0.25) is 0 Å². The summed E-state index contributed by atoms with van der Waals surface area (Å²) in [7, 11) is 1.37. The Bertz CT molecular complexity index is 926. The summed E-state index contributed by atoms with van der Waals surface area (Å²) in [5.74, 6) is -0.0648. The minimum atomic E-state index is -0.778. The maximum atomic E-state index is 14.4. The Balaban J connectivity index is 2.39. The number of allylic oxidation sites excluding steroid dienone is 1. The van der Waals surface area contributed by atoms with Crippen molar-refractivity contribution in [3.05, 3.63) is 83.3 Å². The lowest BCUT2D eigenvalue weighted by atomic mass is 10.1. The largest absolute Gasteiger partial charge is 0.496 e. The Morgan fingerprint density at radius 2 is 2.07 bits per heavy atom. The van der Waals surface area contributed by atoms with Gasteiger partial charge in [-0.05, 0) is 48.6 Å². The number of aryl methyl sites for hydroxylation is 1. The fraction of sp³-hybridized carbons (Fsp3) is 0.190. The third kappa shape index (κ3) is 5.60. The summed E-state index contributed by atoms with van der Waals surface area (Å²) < 4.78 is 33.0. The lowest BCUT2D eigenvalue weighted by Crippen LogP contribution is -2.09. The van der Waals surface area contributed by atoms with E-state index in [2.05, 4.69) is 23.0 Å². The van der Waals surface area contributed by atoms with Crippen molar-refractivity contribution in [1.29, 1.82) is 0 Å². The van der Waals surface area contributed by atoms with Gasteiger partial charge in [0, 0.05) is 29.3 Å². The van der Waals surface area contributed by atoms with Crippen molar-refractivity contribution in [2.45, 2.75) is 12.7 Å². The van der Waals surface area contributed by atoms with Crippen molar-refractivity contribution in [3.63, 3.8) is 0 Å². The molecule has 0 aliphatic heterocycles. The van der Waals surface area contributed by atoms with Crippen LogP contribution in [0, 0.1) is 12.7 Å². The van der Waals surface area contributed by atoms with E-state index >= 15 is 0 Å². The van der Waals surface area contributed by atoms with Gasteiger partial charge in [-0.1, -0.05) is 12.6 Å². The Labute approximate surface area is 168 Å². The number of hydrogen-bond donors (Lipinski definition) is 2. The van der Waals surface area contributed by atoms with Crippen LogP contribution in [-0.2, 0) is 5.75 Å². The zero-order chi connectivity index (χ0) is 20.7. The lowest BCUT2D eigenvalue weighted by Gasteiger charge is -2.13. The zero-order valence-corrected chi connectivity index (χ0v) is 16.9. The van der Waals surface area contributed by atoms with Crippen molar-refractivity contribution >= 4 is 23.2 Å². The van der Waals surface area contributed by atoms with Gasteiger partial charge in [0.1, 0.15) is 23.1 Å². The number of rotatable bonds is 8. The molecular formula is C21H23F2N3OS. The van der Waals surface area contributed by atoms with Crippen LogP contribution in [0.4, 0.5) is 14.5 Å². The summed E-state index contributed by atoms with van der Waals surface area (Å²) in [6.07, 6.45) is 2.82. The van der Waals surface area contributed by atoms with E-state index in [1.807, 2.05) is 25.3 Å². The first-order chi connectivity index (χ1) is 13.4. The first-order valence-corrected chi connectivity index (χ1v) is 9.83. The van der Waals surface area contributed by atoms with Gasteiger partial charge >= 0.3 is 0 Å². The average molecular weight is 403 g/mol. The molecule has 0 spiro atoms. The van der Waals surface area contributed by atoms with Gasteiger partial charge in [0.05, 0.1) is 7.11 Å². The fourth-order valence-corrected chi connectivity index (χ4v) is 3.20. The molecule has 4 nitrogen and oxygen atoms in total. The number of halogens is 2. The number of benzene rings is 2. The van der Waals surface area contributed by atoms with Crippen LogP contribution >= 0.6 is 11.8 Å². The van der Waals surface area contributed by atoms with E-state index < -0.39 is 11.6 Å². The molecule has 148 valence electrons. The molecule has 3 N–H and O–H groups in total. The van der Waals surface area contributed by atoms with Crippen molar-refractivity contribution in [3.8, 4) is 5.75 Å². The molecule has 2 rings (SSSR count). The summed E-state index contributed by atoms with van der Waals surface area (Å²) in [5, 5.41) is 3.07. The van der Waals surface area contributed by atoms with E-state index in [-0.39, 0.29) is 22.8 Å². The molecule has 28 heavy (non-hydrogen) atoms. The molecule has 0 aliphatic carbocycles. The molecule has 0 bridgehead atoms. The second-order valence-corrected chi connectivity index (χ2v) is 6.90. The maximum Gasteiger partial charge on any atom is 0.165 e. The Morgan fingerprint density at radius 3 is 2.71 bits per heavy atom. The number of aliphatic imine (C=N–C) groups is 1. The van der Waals surface area contributed by atoms with Gasteiger partial charge in [-0.15, -0.1) is 0 Å². The van der Waals surface area contributed by atoms with Crippen LogP contribution in [0.25, 0.3) is 0 Å². The molecule has 0 aromatic heterocycles. The average Bonchev–Trinajstić information content (AvgIpc) is 2.65. The molecule has 0 radical (unpaired) electrons. The molecule has 7 heteroatoms. The highest BCUT2D eigenvalue weighted by atomic mass is 32.2. The smallest absolute Gasteiger partial charge is 0.165 e. The normalized spacial score (nSPS) is 12.0. The predicted octanol–water partition coefficient (Wildman–Crippen LogP) is 5.15. The third-order valence-corrected chi connectivity index (χ3v) is 4.40. The summed E-state index contributed by atoms with van der Waals surface area (Å²) in [6.45, 7) is 5.85. The first kappa shape index (κ1) is 21.5. The van der Waals surface area contributed by atoms with Crippen LogP contribution in [0.15, 0.2) is 65.8 Å². The maximum absolute atomic E-state index is 14.4. The summed E-state index contributed by atoms with van der Waals surface area (Å²) in [4.78, 5) is 4.24. The summed E-state index contributed by atoms with van der Waals surface area (Å²) in [5.41, 5.74) is 8.54. The molecule has 0 aliphatic rings. The highest BCUT2D eigenvalue weighted by Gasteiger charge is 2.16. The monoisotopic (exact) mass is 403 g/mol. The van der Waals surface area contributed by atoms with Crippen LogP contribution in [0.1, 0.15) is 16.7 Å². The summed E-state index contributed by atoms with van der Waals surface area (Å²) >= 11 is 1.72. The van der Waals surface area contributed by atoms with Gasteiger partial charge in [0.15, 0.2) is 5.83 Å². The molecule has 0 amide bonds. The second-order valence-electron chi connectivity index (χ2n) is 6.03. The van der Waals surface area contributed by atoms with Gasteiger partial charge < -0.3 is 15.8 Å². The van der Waals surface area contributed by atoms with E-state index in [1.165, 1.54) is 19.2 Å².